The summed E-state index contributed by atoms with van der Waals surface area (Å²) in [5.74, 6) is -0.315. The Balaban J connectivity index is 1.48. The Labute approximate surface area is 196 Å². The largest absolute Gasteiger partial charge is 0.347 e. The van der Waals surface area contributed by atoms with E-state index in [1.165, 1.54) is 0 Å². The van der Waals surface area contributed by atoms with Crippen LogP contribution in [0, 0.1) is 0 Å². The van der Waals surface area contributed by atoms with E-state index in [-0.39, 0.29) is 27.4 Å². The smallest absolute Gasteiger partial charge is 0.270 e. The number of rotatable bonds is 6. The van der Waals surface area contributed by atoms with Gasteiger partial charge in [0.05, 0.1) is 4.75 Å². The van der Waals surface area contributed by atoms with Gasteiger partial charge < -0.3 is 14.8 Å². The molecule has 0 spiro atoms. The number of hydrogen-bond acceptors (Lipinski definition) is 3. The number of fused-ring (bicyclic) bond motifs is 1. The van der Waals surface area contributed by atoms with Crippen LogP contribution in [0.1, 0.15) is 67.1 Å². The van der Waals surface area contributed by atoms with Gasteiger partial charge in [0, 0.05) is 46.2 Å². The lowest BCUT2D eigenvalue weighted by molar-refractivity contribution is 0.0607. The van der Waals surface area contributed by atoms with E-state index in [4.69, 9.17) is 11.6 Å². The molecule has 0 radical (unpaired) electrons. The Kier molecular flexibility index (Phi) is 6.01. The maximum Gasteiger partial charge on any atom is 0.270 e. The van der Waals surface area contributed by atoms with Crippen LogP contribution in [0.3, 0.4) is 0 Å². The molecule has 1 aliphatic carbocycles. The maximum atomic E-state index is 13.3. The van der Waals surface area contributed by atoms with Crippen molar-refractivity contribution in [1.82, 2.24) is 14.8 Å². The Morgan fingerprint density at radius 2 is 1.84 bits per heavy atom. The highest BCUT2D eigenvalue weighted by Gasteiger charge is 2.54. The highest BCUT2D eigenvalue weighted by molar-refractivity contribution is 7.88. The fourth-order valence-corrected chi connectivity index (χ4v) is 6.52. The van der Waals surface area contributed by atoms with Gasteiger partial charge in [-0.3, -0.25) is 13.8 Å². The third-order valence-corrected chi connectivity index (χ3v) is 8.94. The van der Waals surface area contributed by atoms with Crippen molar-refractivity contribution in [3.63, 3.8) is 0 Å². The van der Waals surface area contributed by atoms with Crippen molar-refractivity contribution in [3.05, 3.63) is 58.4 Å². The number of aromatic nitrogens is 1. The summed E-state index contributed by atoms with van der Waals surface area (Å²) in [5.41, 5.74) is 1.94. The monoisotopic (exact) mass is 475 g/mol. The molecule has 172 valence electrons. The molecule has 0 bridgehead atoms. The van der Waals surface area contributed by atoms with Gasteiger partial charge in [0.2, 0.25) is 0 Å². The molecule has 1 aromatic carbocycles. The number of hydrogen-bond donors (Lipinski definition) is 1. The van der Waals surface area contributed by atoms with Gasteiger partial charge in [0.1, 0.15) is 11.4 Å². The third-order valence-electron chi connectivity index (χ3n) is 6.25. The summed E-state index contributed by atoms with van der Waals surface area (Å²) < 4.78 is 14.3. The number of halogens is 1. The zero-order chi connectivity index (χ0) is 23.3. The molecular formula is C24H30ClN3O3S. The van der Waals surface area contributed by atoms with E-state index in [0.29, 0.717) is 36.0 Å². The van der Waals surface area contributed by atoms with Crippen molar-refractivity contribution in [2.45, 2.75) is 69.2 Å². The average Bonchev–Trinajstić information content (AvgIpc) is 3.40. The second-order valence-electron chi connectivity index (χ2n) is 9.87. The third kappa shape index (κ3) is 4.37. The molecule has 2 aromatic rings. The van der Waals surface area contributed by atoms with Crippen LogP contribution in [0.15, 0.2) is 36.4 Å². The van der Waals surface area contributed by atoms with Crippen molar-refractivity contribution in [2.75, 3.05) is 6.54 Å². The lowest BCUT2D eigenvalue weighted by Crippen LogP contribution is -2.52. The molecule has 1 unspecified atom stereocenters. The number of benzene rings is 1. The van der Waals surface area contributed by atoms with Crippen LogP contribution < -0.4 is 5.32 Å². The first kappa shape index (κ1) is 23.1. The zero-order valence-corrected chi connectivity index (χ0v) is 20.6. The van der Waals surface area contributed by atoms with Crippen molar-refractivity contribution in [1.29, 1.82) is 0 Å². The molecule has 6 nitrogen and oxygen atoms in total. The van der Waals surface area contributed by atoms with Crippen LogP contribution in [-0.4, -0.2) is 47.6 Å². The lowest BCUT2D eigenvalue weighted by Gasteiger charge is -2.38. The molecule has 2 heterocycles. The Bertz CT molecular complexity index is 1070. The van der Waals surface area contributed by atoms with Crippen molar-refractivity contribution >= 4 is 34.2 Å². The summed E-state index contributed by atoms with van der Waals surface area (Å²) in [6.07, 6.45) is 1.76. The highest BCUT2D eigenvalue weighted by atomic mass is 35.5. The summed E-state index contributed by atoms with van der Waals surface area (Å²) in [6.45, 7) is 9.38. The van der Waals surface area contributed by atoms with Gasteiger partial charge in [0.25, 0.3) is 11.8 Å². The normalized spacial score (nSPS) is 20.6. The maximum absolute atomic E-state index is 13.3. The molecule has 1 saturated carbocycles. The average molecular weight is 476 g/mol. The lowest BCUT2D eigenvalue weighted by atomic mass is 10.1. The highest BCUT2D eigenvalue weighted by Crippen LogP contribution is 2.47. The Hall–Kier alpha value is -2.12. The quantitative estimate of drug-likeness (QED) is 0.686. The molecule has 4 rings (SSSR count). The fraction of sp³-hybridized carbons (Fsp3) is 0.500. The predicted octanol–water partition coefficient (Wildman–Crippen LogP) is 4.00. The minimum absolute atomic E-state index is 0.0836. The minimum Gasteiger partial charge on any atom is -0.347 e. The van der Waals surface area contributed by atoms with Crippen LogP contribution in [0.5, 0.6) is 0 Å². The fourth-order valence-electron chi connectivity index (χ4n) is 4.36. The van der Waals surface area contributed by atoms with Crippen LogP contribution in [0.25, 0.3) is 0 Å². The molecule has 8 heteroatoms. The van der Waals surface area contributed by atoms with E-state index in [2.05, 4.69) is 5.32 Å². The van der Waals surface area contributed by atoms with E-state index < -0.39 is 10.8 Å². The first-order chi connectivity index (χ1) is 15.0. The minimum atomic E-state index is -1.02. The molecule has 1 N–H and O–H groups in total. The number of amides is 2. The SMILES string of the molecule is C[C@@H]1Cn2c(C(=O)NCc3ccc(Cl)cc3)ccc2C(=O)N1CC1(S(=O)C(C)(C)C)CC1. The molecule has 2 amide bonds. The first-order valence-electron chi connectivity index (χ1n) is 11.0. The Morgan fingerprint density at radius 3 is 2.44 bits per heavy atom. The number of nitrogens with zero attached hydrogens (tertiary/aromatic N) is 2. The molecule has 32 heavy (non-hydrogen) atoms. The van der Waals surface area contributed by atoms with Crippen molar-refractivity contribution in [2.24, 2.45) is 0 Å². The van der Waals surface area contributed by atoms with Crippen LogP contribution in [0.4, 0.5) is 0 Å². The van der Waals surface area contributed by atoms with Crippen molar-refractivity contribution < 1.29 is 13.8 Å². The number of nitrogens with one attached hydrogen (secondary N) is 1. The molecule has 1 aliphatic heterocycles. The van der Waals surface area contributed by atoms with Gasteiger partial charge in [-0.2, -0.15) is 0 Å². The standard InChI is InChI=1S/C24H30ClN3O3S/c1-16-14-27-19(21(29)26-13-17-5-7-18(25)8-6-17)9-10-20(27)22(30)28(16)15-24(11-12-24)32(31)23(2,3)4/h5-10,16H,11-15H2,1-4H3,(H,26,29)/t16-,32?/m1/s1. The van der Waals surface area contributed by atoms with Crippen LogP contribution >= 0.6 is 11.6 Å². The molecule has 2 atom stereocenters. The van der Waals surface area contributed by atoms with Gasteiger partial charge in [-0.15, -0.1) is 0 Å². The topological polar surface area (TPSA) is 71.4 Å². The van der Waals surface area contributed by atoms with Gasteiger partial charge in [-0.25, -0.2) is 0 Å². The van der Waals surface area contributed by atoms with E-state index in [1.807, 2.05) is 44.7 Å². The van der Waals surface area contributed by atoms with Gasteiger partial charge in [-0.05, 0) is 70.4 Å². The summed E-state index contributed by atoms with van der Waals surface area (Å²) in [6, 6.07) is 10.7. The van der Waals surface area contributed by atoms with E-state index in [0.717, 1.165) is 18.4 Å². The molecule has 0 saturated heterocycles. The zero-order valence-electron chi connectivity index (χ0n) is 19.0. The van der Waals surface area contributed by atoms with Gasteiger partial charge in [0.15, 0.2) is 0 Å². The van der Waals surface area contributed by atoms with Gasteiger partial charge in [-0.1, -0.05) is 23.7 Å². The summed E-state index contributed by atoms with van der Waals surface area (Å²) in [7, 11) is -1.02. The van der Waals surface area contributed by atoms with Gasteiger partial charge >= 0.3 is 0 Å². The van der Waals surface area contributed by atoms with Crippen LogP contribution in [-0.2, 0) is 23.9 Å². The molecule has 2 aliphatic rings. The van der Waals surface area contributed by atoms with E-state index in [9.17, 15) is 13.8 Å². The Morgan fingerprint density at radius 1 is 1.19 bits per heavy atom. The van der Waals surface area contributed by atoms with Crippen molar-refractivity contribution in [3.8, 4) is 0 Å². The van der Waals surface area contributed by atoms with Crippen LogP contribution in [0.2, 0.25) is 5.02 Å². The summed E-state index contributed by atoms with van der Waals surface area (Å²) in [4.78, 5) is 28.0. The molecule has 1 aromatic heterocycles. The summed E-state index contributed by atoms with van der Waals surface area (Å²) in [5, 5.41) is 3.57. The second-order valence-corrected chi connectivity index (χ2v) is 12.9. The van der Waals surface area contributed by atoms with E-state index in [1.54, 1.807) is 28.8 Å². The first-order valence-corrected chi connectivity index (χ1v) is 12.5. The predicted molar refractivity (Wildman–Crippen MR) is 127 cm³/mol. The second kappa shape index (κ2) is 8.34. The molecular weight excluding hydrogens is 446 g/mol. The summed E-state index contributed by atoms with van der Waals surface area (Å²) >= 11 is 5.91. The van der Waals surface area contributed by atoms with E-state index >= 15 is 0 Å². The number of carbonyl (C=O) groups is 2. The number of carbonyl (C=O) groups excluding carboxylic acids is 2. The molecule has 1 fully saturated rings.